The number of hydrogen-bond acceptors (Lipinski definition) is 7. The Morgan fingerprint density at radius 3 is 2.81 bits per heavy atom. The van der Waals surface area contributed by atoms with Crippen LogP contribution in [0.3, 0.4) is 0 Å². The molecule has 3 heterocycles. The lowest BCUT2D eigenvalue weighted by Crippen LogP contribution is -2.43. The monoisotopic (exact) mass is 376 g/mol. The summed E-state index contributed by atoms with van der Waals surface area (Å²) in [5, 5.41) is 9.77. The molecule has 0 saturated carbocycles. The molecule has 0 aromatic carbocycles. The van der Waals surface area contributed by atoms with Gasteiger partial charge in [-0.1, -0.05) is 12.7 Å². The van der Waals surface area contributed by atoms with E-state index in [9.17, 15) is 19.5 Å². The van der Waals surface area contributed by atoms with E-state index in [1.807, 2.05) is 0 Å². The molecule has 5 atom stereocenters. The lowest BCUT2D eigenvalue weighted by atomic mass is 9.80. The summed E-state index contributed by atoms with van der Waals surface area (Å²) in [5.41, 5.74) is -0.619. The second-order valence-electron chi connectivity index (χ2n) is 7.47. The van der Waals surface area contributed by atoms with Crippen molar-refractivity contribution in [2.75, 3.05) is 6.61 Å². The van der Waals surface area contributed by atoms with Crippen LogP contribution < -0.4 is 0 Å². The summed E-state index contributed by atoms with van der Waals surface area (Å²) >= 11 is 0. The van der Waals surface area contributed by atoms with Crippen LogP contribution in [0, 0.1) is 11.8 Å². The minimum Gasteiger partial charge on any atom is -0.483 e. The van der Waals surface area contributed by atoms with Gasteiger partial charge in [0.25, 0.3) is 0 Å². The van der Waals surface area contributed by atoms with Gasteiger partial charge in [0.1, 0.15) is 18.0 Å². The molecule has 0 aromatic rings. The molecule has 7 heteroatoms. The van der Waals surface area contributed by atoms with E-state index in [1.165, 1.54) is 6.08 Å². The molecule has 146 valence electrons. The molecule has 2 fully saturated rings. The van der Waals surface area contributed by atoms with Crippen molar-refractivity contribution in [2.24, 2.45) is 11.8 Å². The lowest BCUT2D eigenvalue weighted by Gasteiger charge is -2.31. The van der Waals surface area contributed by atoms with Crippen LogP contribution in [0.1, 0.15) is 33.6 Å². The van der Waals surface area contributed by atoms with Gasteiger partial charge < -0.3 is 19.3 Å². The number of carbonyl (C=O) groups excluding carboxylic acids is 3. The van der Waals surface area contributed by atoms with E-state index >= 15 is 0 Å². The number of ketones is 1. The quantitative estimate of drug-likeness (QED) is 0.590. The fraction of sp³-hybridized carbons (Fsp3) is 0.550. The maximum Gasteiger partial charge on any atom is 0.334 e. The molecule has 3 aliphatic rings. The summed E-state index contributed by atoms with van der Waals surface area (Å²) in [6.45, 7) is 8.52. The maximum atomic E-state index is 12.6. The summed E-state index contributed by atoms with van der Waals surface area (Å²) in [5.74, 6) is -2.07. The van der Waals surface area contributed by atoms with Crippen LogP contribution in [0.25, 0.3) is 0 Å². The van der Waals surface area contributed by atoms with E-state index < -0.39 is 41.6 Å². The van der Waals surface area contributed by atoms with Crippen molar-refractivity contribution in [3.8, 4) is 0 Å². The van der Waals surface area contributed by atoms with E-state index in [-0.39, 0.29) is 30.8 Å². The van der Waals surface area contributed by atoms with E-state index in [2.05, 4.69) is 6.58 Å². The van der Waals surface area contributed by atoms with Gasteiger partial charge in [-0.3, -0.25) is 4.79 Å². The fourth-order valence-corrected chi connectivity index (χ4v) is 3.81. The molecule has 2 bridgehead atoms. The van der Waals surface area contributed by atoms with Gasteiger partial charge in [0.2, 0.25) is 5.78 Å². The van der Waals surface area contributed by atoms with Gasteiger partial charge in [-0.15, -0.1) is 0 Å². The first-order valence-electron chi connectivity index (χ1n) is 8.99. The van der Waals surface area contributed by atoms with Gasteiger partial charge in [-0.2, -0.15) is 0 Å². The third kappa shape index (κ3) is 3.32. The van der Waals surface area contributed by atoms with Gasteiger partial charge in [0.15, 0.2) is 5.60 Å². The fourth-order valence-electron chi connectivity index (χ4n) is 3.81. The minimum atomic E-state index is -1.24. The van der Waals surface area contributed by atoms with Gasteiger partial charge in [0.05, 0.1) is 12.5 Å². The maximum absolute atomic E-state index is 12.6. The predicted octanol–water partition coefficient (Wildman–Crippen LogP) is 1.61. The van der Waals surface area contributed by atoms with Crippen LogP contribution in [0.2, 0.25) is 0 Å². The Labute approximate surface area is 157 Å². The number of allylic oxidation sites excluding steroid dienone is 1. The van der Waals surface area contributed by atoms with Gasteiger partial charge in [-0.25, -0.2) is 9.59 Å². The standard InChI is InChI=1S/C20H24O7/c1-5-10(2)18(23)26-15-8-20(4)16(22)7-13(27-20)12(9-21)6-14-17(15)11(3)19(24)25-14/h5,7,12,14-15,17,21H,3,6,8-9H2,1-2,4H3/b10-5-/t12-,14+,15+,17-,20-/m0/s1. The number of rotatable bonds is 3. The molecule has 0 spiro atoms. The molecule has 3 rings (SSSR count). The molecule has 0 amide bonds. The molecule has 7 nitrogen and oxygen atoms in total. The summed E-state index contributed by atoms with van der Waals surface area (Å²) in [7, 11) is 0. The smallest absolute Gasteiger partial charge is 0.334 e. The third-order valence-electron chi connectivity index (χ3n) is 5.61. The molecule has 2 saturated heterocycles. The Kier molecular flexibility index (Phi) is 4.99. The van der Waals surface area contributed by atoms with E-state index in [1.54, 1.807) is 26.8 Å². The molecular formula is C20H24O7. The topological polar surface area (TPSA) is 99.1 Å². The van der Waals surface area contributed by atoms with Crippen LogP contribution in [0.4, 0.5) is 0 Å². The highest BCUT2D eigenvalue weighted by Gasteiger charge is 2.53. The van der Waals surface area contributed by atoms with Crippen molar-refractivity contribution in [3.63, 3.8) is 0 Å². The zero-order valence-electron chi connectivity index (χ0n) is 15.7. The third-order valence-corrected chi connectivity index (χ3v) is 5.61. The molecular weight excluding hydrogens is 352 g/mol. The molecule has 0 unspecified atom stereocenters. The highest BCUT2D eigenvalue weighted by molar-refractivity contribution is 5.99. The first-order chi connectivity index (χ1) is 12.7. The van der Waals surface area contributed by atoms with Crippen molar-refractivity contribution in [2.45, 2.75) is 51.4 Å². The largest absolute Gasteiger partial charge is 0.483 e. The number of carbonyl (C=O) groups is 3. The summed E-state index contributed by atoms with van der Waals surface area (Å²) in [4.78, 5) is 37.1. The predicted molar refractivity (Wildman–Crippen MR) is 94.2 cm³/mol. The molecule has 0 aromatic heterocycles. The second-order valence-corrected chi connectivity index (χ2v) is 7.47. The molecule has 0 aliphatic carbocycles. The van der Waals surface area contributed by atoms with Crippen molar-refractivity contribution in [1.82, 2.24) is 0 Å². The number of hydrogen-bond donors (Lipinski definition) is 1. The lowest BCUT2D eigenvalue weighted by molar-refractivity contribution is -0.153. The number of esters is 2. The normalized spacial score (nSPS) is 36.1. The molecule has 0 radical (unpaired) electrons. The average Bonchev–Trinajstić information content (AvgIpc) is 3.08. The highest BCUT2D eigenvalue weighted by Crippen LogP contribution is 2.44. The van der Waals surface area contributed by atoms with Crippen LogP contribution >= 0.6 is 0 Å². The van der Waals surface area contributed by atoms with Crippen LogP contribution in [0.5, 0.6) is 0 Å². The number of fused-ring (bicyclic) bond motifs is 3. The Bertz CT molecular complexity index is 762. The van der Waals surface area contributed by atoms with Crippen molar-refractivity contribution < 1.29 is 33.7 Å². The molecule has 3 aliphatic heterocycles. The Balaban J connectivity index is 2.02. The van der Waals surface area contributed by atoms with Crippen LogP contribution in [-0.4, -0.2) is 47.2 Å². The number of aliphatic hydroxyl groups excluding tert-OH is 1. The Hall–Kier alpha value is -2.41. The van der Waals surface area contributed by atoms with Crippen molar-refractivity contribution >= 4 is 17.7 Å². The van der Waals surface area contributed by atoms with Crippen LogP contribution in [-0.2, 0) is 28.6 Å². The van der Waals surface area contributed by atoms with E-state index in [0.29, 0.717) is 11.3 Å². The molecule has 27 heavy (non-hydrogen) atoms. The summed E-state index contributed by atoms with van der Waals surface area (Å²) < 4.78 is 17.0. The van der Waals surface area contributed by atoms with Gasteiger partial charge in [0, 0.05) is 29.6 Å². The second kappa shape index (κ2) is 6.96. The highest BCUT2D eigenvalue weighted by atomic mass is 16.6. The van der Waals surface area contributed by atoms with E-state index in [0.717, 1.165) is 0 Å². The summed E-state index contributed by atoms with van der Waals surface area (Å²) in [6.07, 6.45) is 1.87. The van der Waals surface area contributed by atoms with Crippen molar-refractivity contribution in [1.29, 1.82) is 0 Å². The SMILES string of the molecule is C=C1C(=O)O[C@@H]2C[C@@H](CO)C3=CC(=O)[C@](C)(C[C@@H](OC(=O)/C(C)=C\C)[C@@H]12)O3. The number of aliphatic hydroxyl groups is 1. The summed E-state index contributed by atoms with van der Waals surface area (Å²) in [6, 6.07) is 0. The molecule has 1 N–H and O–H groups in total. The van der Waals surface area contributed by atoms with E-state index in [4.69, 9.17) is 14.2 Å². The van der Waals surface area contributed by atoms with Gasteiger partial charge >= 0.3 is 11.9 Å². The average molecular weight is 376 g/mol. The van der Waals surface area contributed by atoms with Crippen LogP contribution in [0.15, 0.2) is 35.6 Å². The first kappa shape index (κ1) is 19.4. The Morgan fingerprint density at radius 1 is 1.48 bits per heavy atom. The Morgan fingerprint density at radius 2 is 2.19 bits per heavy atom. The number of ether oxygens (including phenoxy) is 3. The minimum absolute atomic E-state index is 0.0591. The van der Waals surface area contributed by atoms with Gasteiger partial charge in [-0.05, 0) is 27.2 Å². The zero-order valence-corrected chi connectivity index (χ0v) is 15.7. The first-order valence-corrected chi connectivity index (χ1v) is 8.99. The van der Waals surface area contributed by atoms with Crippen molar-refractivity contribution in [3.05, 3.63) is 35.6 Å². The zero-order chi connectivity index (χ0) is 19.9.